The number of carbonyl (C=O) groups is 7. The molecule has 0 rings (SSSR count). The number of Topliss-reactive ketones (excluding diaryl/α,β-unsaturated/α-hetero) is 1. The van der Waals surface area contributed by atoms with Crippen molar-refractivity contribution in [3.8, 4) is 0 Å². The van der Waals surface area contributed by atoms with E-state index in [-0.39, 0.29) is 108 Å². The molecule has 3 amide bonds. The average molecular weight is 1140 g/mol. The van der Waals surface area contributed by atoms with E-state index in [2.05, 4.69) is 53.5 Å². The number of carboxylic acids is 3. The molecule has 0 aliphatic rings. The second-order valence-electron chi connectivity index (χ2n) is 16.2. The molecular formula is C49H95N3O14S6. The van der Waals surface area contributed by atoms with Crippen molar-refractivity contribution in [1.29, 1.82) is 0 Å². The molecule has 0 aromatic heterocycles. The molecule has 72 heavy (non-hydrogen) atoms. The van der Waals surface area contributed by atoms with Crippen molar-refractivity contribution in [3.63, 3.8) is 0 Å². The minimum absolute atomic E-state index is 0.0332. The largest absolute Gasteiger partial charge is 0.481 e. The number of nitrogens with one attached hydrogen (secondary N) is 3. The SMILES string of the molecule is CSSC.CSSC.CSSC.C[C@@H](CCCCNC(=O)COCCOCCNC(=O)COCCOCCCC(=O)CC[C@H](NC(=O)CCCCCCCCCCCCCCCCC(=O)O)C(=O)O)C(=O)O. The minimum atomic E-state index is -1.16. The van der Waals surface area contributed by atoms with Crippen molar-refractivity contribution < 1.29 is 67.8 Å². The van der Waals surface area contributed by atoms with Gasteiger partial charge in [0.2, 0.25) is 17.7 Å². The molecule has 0 fully saturated rings. The molecular weight excluding hydrogens is 1050 g/mol. The van der Waals surface area contributed by atoms with E-state index in [0.717, 1.165) is 38.5 Å². The van der Waals surface area contributed by atoms with Crippen LogP contribution in [0, 0.1) is 5.92 Å². The Morgan fingerprint density at radius 1 is 0.403 bits per heavy atom. The van der Waals surface area contributed by atoms with Crippen LogP contribution in [0.4, 0.5) is 0 Å². The first-order valence-corrected chi connectivity index (χ1v) is 34.1. The van der Waals surface area contributed by atoms with Crippen LogP contribution in [-0.4, -0.2) is 166 Å². The number of ketones is 1. The molecule has 2 atom stereocenters. The Bertz CT molecular complexity index is 1280. The van der Waals surface area contributed by atoms with E-state index in [4.69, 9.17) is 29.2 Å². The molecule has 0 radical (unpaired) electrons. The Hall–Kier alpha value is -1.57. The molecule has 0 aliphatic heterocycles. The lowest BCUT2D eigenvalue weighted by Crippen LogP contribution is -2.41. The van der Waals surface area contributed by atoms with E-state index in [1.807, 2.05) is 0 Å². The van der Waals surface area contributed by atoms with Crippen LogP contribution < -0.4 is 16.0 Å². The third-order valence-corrected chi connectivity index (χ3v) is 14.2. The van der Waals surface area contributed by atoms with E-state index in [9.17, 15) is 38.7 Å². The molecule has 426 valence electrons. The monoisotopic (exact) mass is 1140 g/mol. The first kappa shape index (κ1) is 76.9. The number of hydrogen-bond acceptors (Lipinski definition) is 17. The van der Waals surface area contributed by atoms with Gasteiger partial charge in [0.1, 0.15) is 25.0 Å². The van der Waals surface area contributed by atoms with Crippen molar-refractivity contribution in [2.45, 2.75) is 161 Å². The highest BCUT2D eigenvalue weighted by Crippen LogP contribution is 2.15. The molecule has 17 nitrogen and oxygen atoms in total. The van der Waals surface area contributed by atoms with Gasteiger partial charge < -0.3 is 50.2 Å². The average Bonchev–Trinajstić information content (AvgIpc) is 3.36. The lowest BCUT2D eigenvalue weighted by Gasteiger charge is -2.14. The third-order valence-electron chi connectivity index (χ3n) is 10.2. The fourth-order valence-electron chi connectivity index (χ4n) is 6.07. The molecule has 0 aromatic carbocycles. The van der Waals surface area contributed by atoms with E-state index < -0.39 is 29.9 Å². The van der Waals surface area contributed by atoms with Gasteiger partial charge in [-0.1, -0.05) is 155 Å². The van der Waals surface area contributed by atoms with Crippen molar-refractivity contribution in [3.05, 3.63) is 0 Å². The summed E-state index contributed by atoms with van der Waals surface area (Å²) in [6, 6.07) is -1.10. The highest BCUT2D eigenvalue weighted by Gasteiger charge is 2.21. The van der Waals surface area contributed by atoms with E-state index in [0.29, 0.717) is 45.3 Å². The number of rotatable bonds is 48. The van der Waals surface area contributed by atoms with Crippen molar-refractivity contribution in [2.75, 3.05) is 103 Å². The predicted octanol–water partition coefficient (Wildman–Crippen LogP) is 10.1. The van der Waals surface area contributed by atoms with E-state index in [1.54, 1.807) is 71.7 Å². The normalized spacial score (nSPS) is 11.3. The van der Waals surface area contributed by atoms with Gasteiger partial charge in [0.25, 0.3) is 0 Å². The first-order chi connectivity index (χ1) is 34.7. The van der Waals surface area contributed by atoms with Gasteiger partial charge in [0.05, 0.1) is 39.0 Å². The van der Waals surface area contributed by atoms with Gasteiger partial charge in [-0.2, -0.15) is 0 Å². The summed E-state index contributed by atoms with van der Waals surface area (Å²) in [6.45, 7) is 3.61. The molecule has 0 spiro atoms. The Labute approximate surface area is 457 Å². The van der Waals surface area contributed by atoms with E-state index >= 15 is 0 Å². The zero-order valence-corrected chi connectivity index (χ0v) is 49.7. The summed E-state index contributed by atoms with van der Waals surface area (Å²) in [6.07, 6.45) is 30.7. The van der Waals surface area contributed by atoms with Crippen LogP contribution in [0.25, 0.3) is 0 Å². The summed E-state index contributed by atoms with van der Waals surface area (Å²) in [4.78, 5) is 81.2. The molecule has 0 saturated carbocycles. The second kappa shape index (κ2) is 63.7. The summed E-state index contributed by atoms with van der Waals surface area (Å²) in [5.74, 6) is -4.07. The lowest BCUT2D eigenvalue weighted by molar-refractivity contribution is -0.142. The molecule has 0 saturated heterocycles. The van der Waals surface area contributed by atoms with Gasteiger partial charge >= 0.3 is 17.9 Å². The standard InChI is InChI=1S/C43H77N3O14.3C2H6S2/c1-35(42(53)54)19-16-17-25-44-39(49)33-60-32-30-58-28-26-45-40(50)34-59-31-29-57-27-18-20-36(47)23-24-37(43(55)56)46-38(48)21-14-12-10-8-6-4-2-3-5-7-9-11-13-15-22-41(51)52;3*1-3-4-2/h35,37H,2-34H2,1H3,(H,44,49)(H,45,50)(H,46,48)(H,51,52)(H,53,54)(H,55,56);3*1-2H3/t35-,37-;;;/m0.../s1. The maximum absolute atomic E-state index is 12.3. The molecule has 0 unspecified atom stereocenters. The summed E-state index contributed by atoms with van der Waals surface area (Å²) in [7, 11) is 10.6. The van der Waals surface area contributed by atoms with Crippen molar-refractivity contribution in [1.82, 2.24) is 16.0 Å². The number of hydrogen-bond donors (Lipinski definition) is 6. The van der Waals surface area contributed by atoms with Gasteiger partial charge in [-0.15, -0.1) is 0 Å². The molecule has 6 N–H and O–H groups in total. The number of amides is 3. The van der Waals surface area contributed by atoms with E-state index in [1.165, 1.54) is 44.9 Å². The molecule has 23 heteroatoms. The maximum atomic E-state index is 12.3. The van der Waals surface area contributed by atoms with Crippen molar-refractivity contribution >= 4 is 106 Å². The lowest BCUT2D eigenvalue weighted by atomic mass is 10.0. The quantitative estimate of drug-likeness (QED) is 0.0245. The molecule has 0 aromatic rings. The number of aliphatic carboxylic acids is 3. The van der Waals surface area contributed by atoms with Crippen LogP contribution in [0.1, 0.15) is 155 Å². The summed E-state index contributed by atoms with van der Waals surface area (Å²) < 4.78 is 21.3. The highest BCUT2D eigenvalue weighted by molar-refractivity contribution is 8.76. The number of unbranched alkanes of at least 4 members (excludes halogenated alkanes) is 14. The zero-order chi connectivity index (χ0) is 54.7. The van der Waals surface area contributed by atoms with Crippen LogP contribution in [0.5, 0.6) is 0 Å². The predicted molar refractivity (Wildman–Crippen MR) is 306 cm³/mol. The van der Waals surface area contributed by atoms with Gasteiger partial charge in [0, 0.05) is 45.4 Å². The highest BCUT2D eigenvalue weighted by atomic mass is 33.1. The van der Waals surface area contributed by atoms with Crippen molar-refractivity contribution in [2.24, 2.45) is 5.92 Å². The maximum Gasteiger partial charge on any atom is 0.326 e. The molecule has 0 aliphatic carbocycles. The topological polar surface area (TPSA) is 253 Å². The third kappa shape index (κ3) is 68.4. The Morgan fingerprint density at radius 2 is 0.819 bits per heavy atom. The van der Waals surface area contributed by atoms with Crippen LogP contribution in [0.15, 0.2) is 0 Å². The number of ether oxygens (including phenoxy) is 4. The number of carbonyl (C=O) groups excluding carboxylic acids is 4. The fourth-order valence-corrected chi connectivity index (χ4v) is 6.07. The first-order valence-electron chi connectivity index (χ1n) is 25.2. The Morgan fingerprint density at radius 3 is 1.25 bits per heavy atom. The van der Waals surface area contributed by atoms with Crippen LogP contribution >= 0.6 is 64.8 Å². The zero-order valence-electron chi connectivity index (χ0n) is 44.8. The van der Waals surface area contributed by atoms with Gasteiger partial charge in [-0.05, 0) is 76.1 Å². The Kier molecular flexibility index (Phi) is 68.1. The molecule has 0 bridgehead atoms. The smallest absolute Gasteiger partial charge is 0.326 e. The fraction of sp³-hybridized carbons (Fsp3) is 0.857. The van der Waals surface area contributed by atoms with Gasteiger partial charge in [-0.3, -0.25) is 28.8 Å². The van der Waals surface area contributed by atoms with Gasteiger partial charge in [-0.25, -0.2) is 4.79 Å². The Balaban J connectivity index is -0.00000172. The summed E-state index contributed by atoms with van der Waals surface area (Å²) in [5, 5.41) is 35.0. The number of carboxylic acid groups (broad SMARTS) is 3. The van der Waals surface area contributed by atoms with Crippen LogP contribution in [-0.2, 0) is 52.5 Å². The summed E-state index contributed by atoms with van der Waals surface area (Å²) in [5.41, 5.74) is 0. The second-order valence-corrected chi connectivity index (χ2v) is 24.2. The van der Waals surface area contributed by atoms with Crippen LogP contribution in [0.2, 0.25) is 0 Å². The minimum Gasteiger partial charge on any atom is -0.481 e. The summed E-state index contributed by atoms with van der Waals surface area (Å²) >= 11 is 0. The van der Waals surface area contributed by atoms with Gasteiger partial charge in [0.15, 0.2) is 0 Å². The van der Waals surface area contributed by atoms with Crippen LogP contribution in [0.3, 0.4) is 0 Å². The molecule has 0 heterocycles.